The second-order valence-electron chi connectivity index (χ2n) is 7.03. The van der Waals surface area contributed by atoms with Crippen molar-refractivity contribution >= 4 is 29.7 Å². The lowest BCUT2D eigenvalue weighted by atomic mass is 9.92. The van der Waals surface area contributed by atoms with Crippen LogP contribution in [-0.4, -0.2) is 25.5 Å². The van der Waals surface area contributed by atoms with Gasteiger partial charge in [-0.05, 0) is 42.4 Å². The van der Waals surface area contributed by atoms with Crippen LogP contribution in [0, 0.1) is 5.41 Å². The smallest absolute Gasteiger partial charge is 0.239 e. The number of hydrogen-bond acceptors (Lipinski definition) is 3. The van der Waals surface area contributed by atoms with Gasteiger partial charge in [-0.1, -0.05) is 26.8 Å². The Labute approximate surface area is 139 Å². The van der Waals surface area contributed by atoms with E-state index in [0.29, 0.717) is 6.54 Å². The molecule has 4 nitrogen and oxygen atoms in total. The molecular formula is C17H28ClN3O. The van der Waals surface area contributed by atoms with Crippen molar-refractivity contribution < 1.29 is 4.79 Å². The highest BCUT2D eigenvalue weighted by Gasteiger charge is 2.20. The van der Waals surface area contributed by atoms with Crippen molar-refractivity contribution in [1.82, 2.24) is 5.32 Å². The van der Waals surface area contributed by atoms with Gasteiger partial charge in [0.05, 0.1) is 6.54 Å². The number of hydrogen-bond donors (Lipinski definition) is 2. The van der Waals surface area contributed by atoms with Gasteiger partial charge in [-0.2, -0.15) is 0 Å². The van der Waals surface area contributed by atoms with Crippen LogP contribution in [0.15, 0.2) is 18.2 Å². The number of anilines is 2. The lowest BCUT2D eigenvalue weighted by Gasteiger charge is -2.31. The number of carbonyl (C=O) groups is 1. The zero-order valence-electron chi connectivity index (χ0n) is 13.8. The van der Waals surface area contributed by atoms with E-state index in [0.717, 1.165) is 43.7 Å². The molecule has 1 amide bonds. The summed E-state index contributed by atoms with van der Waals surface area (Å²) in [7, 11) is 0. The topological polar surface area (TPSA) is 58.4 Å². The summed E-state index contributed by atoms with van der Waals surface area (Å²) in [6.07, 6.45) is 3.04. The number of carbonyl (C=O) groups excluding carboxylic acids is 1. The van der Waals surface area contributed by atoms with Gasteiger partial charge < -0.3 is 16.0 Å². The lowest BCUT2D eigenvalue weighted by Crippen LogP contribution is -2.40. The van der Waals surface area contributed by atoms with Crippen LogP contribution in [0.25, 0.3) is 0 Å². The molecule has 0 fully saturated rings. The number of halogens is 1. The maximum absolute atomic E-state index is 12.1. The number of rotatable bonds is 4. The molecule has 0 atom stereocenters. The van der Waals surface area contributed by atoms with Gasteiger partial charge in [0.1, 0.15) is 0 Å². The van der Waals surface area contributed by atoms with Crippen LogP contribution in [0.2, 0.25) is 0 Å². The normalized spacial score (nSPS) is 14.0. The summed E-state index contributed by atoms with van der Waals surface area (Å²) in [5.41, 5.74) is 9.43. The largest absolute Gasteiger partial charge is 0.398 e. The average molecular weight is 326 g/mol. The average Bonchev–Trinajstić information content (AvgIpc) is 2.38. The Bertz CT molecular complexity index is 511. The van der Waals surface area contributed by atoms with Gasteiger partial charge in [-0.3, -0.25) is 4.79 Å². The van der Waals surface area contributed by atoms with Crippen LogP contribution in [0.4, 0.5) is 11.4 Å². The van der Waals surface area contributed by atoms with Crippen LogP contribution in [-0.2, 0) is 11.2 Å². The number of benzene rings is 1. The number of nitrogens with zero attached hydrogens (tertiary/aromatic N) is 1. The minimum Gasteiger partial charge on any atom is -0.398 e. The third-order valence-corrected chi connectivity index (χ3v) is 3.91. The molecule has 0 saturated carbocycles. The van der Waals surface area contributed by atoms with Crippen molar-refractivity contribution in [3.63, 3.8) is 0 Å². The number of nitrogen functional groups attached to an aromatic ring is 1. The Kier molecular flexibility index (Phi) is 6.54. The molecule has 0 aromatic heterocycles. The molecule has 1 aromatic carbocycles. The lowest BCUT2D eigenvalue weighted by molar-refractivity contribution is -0.119. The fraction of sp³-hybridized carbons (Fsp3) is 0.588. The molecule has 0 bridgehead atoms. The summed E-state index contributed by atoms with van der Waals surface area (Å²) >= 11 is 0. The van der Waals surface area contributed by atoms with Crippen molar-refractivity contribution in [3.05, 3.63) is 23.8 Å². The van der Waals surface area contributed by atoms with Gasteiger partial charge in [-0.25, -0.2) is 0 Å². The molecule has 1 aliphatic rings. The van der Waals surface area contributed by atoms with Crippen LogP contribution < -0.4 is 16.0 Å². The molecule has 2 rings (SSSR count). The van der Waals surface area contributed by atoms with Crippen molar-refractivity contribution in [2.24, 2.45) is 5.41 Å². The number of amides is 1. The van der Waals surface area contributed by atoms with Crippen molar-refractivity contribution in [3.8, 4) is 0 Å². The molecule has 5 heteroatoms. The molecule has 0 unspecified atom stereocenters. The van der Waals surface area contributed by atoms with Crippen molar-refractivity contribution in [2.45, 2.75) is 40.0 Å². The highest BCUT2D eigenvalue weighted by atomic mass is 35.5. The second-order valence-corrected chi connectivity index (χ2v) is 7.03. The first-order chi connectivity index (χ1) is 9.87. The first-order valence-electron chi connectivity index (χ1n) is 7.76. The van der Waals surface area contributed by atoms with E-state index in [2.05, 4.69) is 37.1 Å². The Hall–Kier alpha value is -1.42. The Balaban J connectivity index is 0.00000242. The fourth-order valence-electron chi connectivity index (χ4n) is 2.70. The molecule has 1 aromatic rings. The summed E-state index contributed by atoms with van der Waals surface area (Å²) in [4.78, 5) is 14.2. The van der Waals surface area contributed by atoms with E-state index in [9.17, 15) is 4.79 Å². The Morgan fingerprint density at radius 1 is 1.36 bits per heavy atom. The predicted molar refractivity (Wildman–Crippen MR) is 95.7 cm³/mol. The third-order valence-electron chi connectivity index (χ3n) is 3.91. The number of fused-ring (bicyclic) bond motifs is 1. The monoisotopic (exact) mass is 325 g/mol. The van der Waals surface area contributed by atoms with Gasteiger partial charge in [0.2, 0.25) is 5.91 Å². The number of nitrogens with one attached hydrogen (secondary N) is 1. The van der Waals surface area contributed by atoms with E-state index >= 15 is 0 Å². The third kappa shape index (κ3) is 5.09. The zero-order valence-corrected chi connectivity index (χ0v) is 14.6. The second kappa shape index (κ2) is 7.73. The molecule has 124 valence electrons. The van der Waals surface area contributed by atoms with Gasteiger partial charge in [0.15, 0.2) is 0 Å². The summed E-state index contributed by atoms with van der Waals surface area (Å²) in [5.74, 6) is 0.0922. The molecular weight excluding hydrogens is 298 g/mol. The summed E-state index contributed by atoms with van der Waals surface area (Å²) in [6, 6.07) is 5.96. The van der Waals surface area contributed by atoms with E-state index < -0.39 is 0 Å². The van der Waals surface area contributed by atoms with E-state index in [4.69, 9.17) is 5.73 Å². The maximum atomic E-state index is 12.1. The molecule has 1 aliphatic heterocycles. The standard InChI is InChI=1S/C17H27N3O.ClH/c1-17(2,3)9-10-19-16(21)12-20-11-5-6-13-14(18)7-4-8-15(13)20;/h4,7-8H,5-6,9-12,18H2,1-3H3,(H,19,21);1H. The van der Waals surface area contributed by atoms with Gasteiger partial charge in [0, 0.05) is 24.5 Å². The predicted octanol–water partition coefficient (Wildman–Crippen LogP) is 3.00. The summed E-state index contributed by atoms with van der Waals surface area (Å²) in [6.45, 7) is 8.62. The molecule has 0 saturated heterocycles. The van der Waals surface area contributed by atoms with Crippen LogP contribution in [0.3, 0.4) is 0 Å². The first kappa shape index (κ1) is 18.6. The molecule has 0 radical (unpaired) electrons. The molecule has 3 N–H and O–H groups in total. The summed E-state index contributed by atoms with van der Waals surface area (Å²) in [5, 5.41) is 3.02. The van der Waals surface area contributed by atoms with E-state index in [1.807, 2.05) is 12.1 Å². The number of nitrogens with two attached hydrogens (primary N) is 1. The van der Waals surface area contributed by atoms with Gasteiger partial charge in [0.25, 0.3) is 0 Å². The van der Waals surface area contributed by atoms with Gasteiger partial charge in [-0.15, -0.1) is 12.4 Å². The highest BCUT2D eigenvalue weighted by Crippen LogP contribution is 2.30. The maximum Gasteiger partial charge on any atom is 0.239 e. The molecule has 22 heavy (non-hydrogen) atoms. The van der Waals surface area contributed by atoms with E-state index in [1.54, 1.807) is 0 Å². The van der Waals surface area contributed by atoms with E-state index in [1.165, 1.54) is 5.56 Å². The molecule has 0 spiro atoms. The van der Waals surface area contributed by atoms with Crippen LogP contribution in [0.1, 0.15) is 39.2 Å². The Morgan fingerprint density at radius 3 is 2.77 bits per heavy atom. The quantitative estimate of drug-likeness (QED) is 0.837. The minimum atomic E-state index is 0. The molecule has 0 aliphatic carbocycles. The first-order valence-corrected chi connectivity index (χ1v) is 7.76. The minimum absolute atomic E-state index is 0. The molecule has 1 heterocycles. The van der Waals surface area contributed by atoms with Crippen LogP contribution >= 0.6 is 12.4 Å². The van der Waals surface area contributed by atoms with Crippen molar-refractivity contribution in [2.75, 3.05) is 30.3 Å². The highest BCUT2D eigenvalue weighted by molar-refractivity contribution is 5.85. The van der Waals surface area contributed by atoms with Gasteiger partial charge >= 0.3 is 0 Å². The fourth-order valence-corrected chi connectivity index (χ4v) is 2.70. The Morgan fingerprint density at radius 2 is 2.09 bits per heavy atom. The summed E-state index contributed by atoms with van der Waals surface area (Å²) < 4.78 is 0. The van der Waals surface area contributed by atoms with Crippen molar-refractivity contribution in [1.29, 1.82) is 0 Å². The zero-order chi connectivity index (χ0) is 15.5. The van der Waals surface area contributed by atoms with Crippen LogP contribution in [0.5, 0.6) is 0 Å². The SMILES string of the molecule is CC(C)(C)CCNC(=O)CN1CCCc2c(N)cccc21.Cl. The van der Waals surface area contributed by atoms with E-state index in [-0.39, 0.29) is 23.7 Å².